The van der Waals surface area contributed by atoms with E-state index in [1.165, 1.54) is 0 Å². The van der Waals surface area contributed by atoms with Crippen molar-refractivity contribution in [3.8, 4) is 22.8 Å². The Kier molecular flexibility index (Phi) is 4.15. The number of ether oxygens (including phenoxy) is 2. The molecule has 1 aromatic carbocycles. The Morgan fingerprint density at radius 3 is 2.78 bits per heavy atom. The molecule has 0 saturated carbocycles. The van der Waals surface area contributed by atoms with Crippen LogP contribution in [0.5, 0.6) is 11.5 Å². The van der Waals surface area contributed by atoms with Gasteiger partial charge >= 0.3 is 0 Å². The molecule has 0 amide bonds. The second-order valence-corrected chi connectivity index (χ2v) is 4.23. The largest absolute Gasteiger partial charge is 0.497 e. The minimum absolute atomic E-state index is 0.766. The quantitative estimate of drug-likeness (QED) is 0.816. The molecule has 0 aliphatic heterocycles. The number of aryl methyl sites for hydroxylation is 1. The van der Waals surface area contributed by atoms with E-state index >= 15 is 0 Å². The average molecular weight is 264 g/mol. The Bertz CT molecular complexity index is 525. The molecule has 18 heavy (non-hydrogen) atoms. The molecule has 0 fully saturated rings. The summed E-state index contributed by atoms with van der Waals surface area (Å²) in [5.41, 5.74) is 1.86. The number of benzene rings is 1. The lowest BCUT2D eigenvalue weighted by Gasteiger charge is -2.08. The van der Waals surface area contributed by atoms with Gasteiger partial charge in [0.05, 0.1) is 26.1 Å². The van der Waals surface area contributed by atoms with E-state index in [-0.39, 0.29) is 0 Å². The summed E-state index contributed by atoms with van der Waals surface area (Å²) >= 11 is 4.19. The van der Waals surface area contributed by atoms with E-state index in [0.29, 0.717) is 0 Å². The van der Waals surface area contributed by atoms with E-state index in [4.69, 9.17) is 9.47 Å². The van der Waals surface area contributed by atoms with Gasteiger partial charge < -0.3 is 14.5 Å². The van der Waals surface area contributed by atoms with Crippen LogP contribution in [0.2, 0.25) is 0 Å². The van der Waals surface area contributed by atoms with Crippen molar-refractivity contribution in [3.63, 3.8) is 0 Å². The van der Waals surface area contributed by atoms with Gasteiger partial charge in [-0.25, -0.2) is 4.98 Å². The van der Waals surface area contributed by atoms with Crippen molar-refractivity contribution in [2.24, 2.45) is 0 Å². The molecule has 4 nitrogen and oxygen atoms in total. The number of rotatable bonds is 5. The average Bonchev–Trinajstić information content (AvgIpc) is 2.87. The molecule has 0 radical (unpaired) electrons. The molecule has 0 unspecified atom stereocenters. The maximum absolute atomic E-state index is 5.35. The first-order chi connectivity index (χ1) is 8.78. The highest BCUT2D eigenvalue weighted by molar-refractivity contribution is 7.80. The molecule has 0 aliphatic rings. The molecule has 2 aromatic rings. The molecular weight excluding hydrogens is 248 g/mol. The molecule has 0 atom stereocenters. The number of hydrogen-bond acceptors (Lipinski definition) is 4. The molecule has 1 heterocycles. The minimum Gasteiger partial charge on any atom is -0.497 e. The Hall–Kier alpha value is -1.62. The monoisotopic (exact) mass is 264 g/mol. The van der Waals surface area contributed by atoms with Gasteiger partial charge in [0.25, 0.3) is 0 Å². The van der Waals surface area contributed by atoms with E-state index in [1.807, 2.05) is 18.2 Å². The highest BCUT2D eigenvalue weighted by atomic mass is 32.1. The van der Waals surface area contributed by atoms with Crippen LogP contribution in [0.3, 0.4) is 0 Å². The van der Waals surface area contributed by atoms with Gasteiger partial charge in [0.2, 0.25) is 0 Å². The van der Waals surface area contributed by atoms with Crippen LogP contribution >= 0.6 is 12.6 Å². The van der Waals surface area contributed by atoms with Crippen molar-refractivity contribution in [3.05, 3.63) is 30.2 Å². The molecule has 96 valence electrons. The first-order valence-corrected chi connectivity index (χ1v) is 6.29. The number of thiol groups is 1. The summed E-state index contributed by atoms with van der Waals surface area (Å²) in [6, 6.07) is 5.68. The highest BCUT2D eigenvalue weighted by Crippen LogP contribution is 2.32. The summed E-state index contributed by atoms with van der Waals surface area (Å²) in [5.74, 6) is 3.26. The zero-order valence-corrected chi connectivity index (χ0v) is 11.3. The van der Waals surface area contributed by atoms with E-state index in [1.54, 1.807) is 20.4 Å². The Morgan fingerprint density at radius 2 is 2.11 bits per heavy atom. The van der Waals surface area contributed by atoms with Gasteiger partial charge in [-0.3, -0.25) is 0 Å². The Morgan fingerprint density at radius 1 is 1.28 bits per heavy atom. The van der Waals surface area contributed by atoms with Gasteiger partial charge in [-0.15, -0.1) is 0 Å². The topological polar surface area (TPSA) is 47.1 Å². The van der Waals surface area contributed by atoms with Crippen molar-refractivity contribution < 1.29 is 9.47 Å². The predicted molar refractivity (Wildman–Crippen MR) is 74.7 cm³/mol. The highest BCUT2D eigenvalue weighted by Gasteiger charge is 2.10. The van der Waals surface area contributed by atoms with E-state index in [2.05, 4.69) is 22.6 Å². The summed E-state index contributed by atoms with van der Waals surface area (Å²) in [6.45, 7) is 0. The standard InChI is InChI=1S/C13H16N2O2S/c1-16-9-3-4-12(17-2)10(7-9)11-8-14-13(15-11)5-6-18/h3-4,7-8,18H,5-6H2,1-2H3,(H,14,15). The predicted octanol–water partition coefficient (Wildman–Crippen LogP) is 2.57. The minimum atomic E-state index is 0.766. The number of aromatic nitrogens is 2. The third kappa shape index (κ3) is 2.61. The molecule has 5 heteroatoms. The lowest BCUT2D eigenvalue weighted by atomic mass is 10.1. The lowest BCUT2D eigenvalue weighted by molar-refractivity contribution is 0.404. The fourth-order valence-electron chi connectivity index (χ4n) is 1.76. The molecule has 0 aliphatic carbocycles. The molecular formula is C13H16N2O2S. The van der Waals surface area contributed by atoms with Gasteiger partial charge in [-0.1, -0.05) is 0 Å². The van der Waals surface area contributed by atoms with Crippen LogP contribution in [0.1, 0.15) is 5.82 Å². The van der Waals surface area contributed by atoms with Crippen LogP contribution in [0.25, 0.3) is 11.3 Å². The van der Waals surface area contributed by atoms with Crippen molar-refractivity contribution in [2.45, 2.75) is 6.42 Å². The number of H-pyrrole nitrogens is 1. The summed E-state index contributed by atoms with van der Waals surface area (Å²) in [7, 11) is 3.29. The van der Waals surface area contributed by atoms with Gasteiger partial charge in [-0.05, 0) is 24.0 Å². The SMILES string of the molecule is COc1ccc(OC)c(-c2cnc(CCS)[nH]2)c1. The van der Waals surface area contributed by atoms with Crippen molar-refractivity contribution >= 4 is 12.6 Å². The second-order valence-electron chi connectivity index (χ2n) is 3.78. The van der Waals surface area contributed by atoms with Crippen LogP contribution in [-0.2, 0) is 6.42 Å². The van der Waals surface area contributed by atoms with Crippen LogP contribution in [-0.4, -0.2) is 29.9 Å². The zero-order valence-electron chi connectivity index (χ0n) is 10.4. The smallest absolute Gasteiger partial charge is 0.128 e. The summed E-state index contributed by atoms with van der Waals surface area (Å²) in [5, 5.41) is 0. The summed E-state index contributed by atoms with van der Waals surface area (Å²) in [4.78, 5) is 7.57. The number of imidazole rings is 1. The molecule has 2 rings (SSSR count). The van der Waals surface area contributed by atoms with Crippen molar-refractivity contribution in [1.82, 2.24) is 9.97 Å². The van der Waals surface area contributed by atoms with Gasteiger partial charge in [-0.2, -0.15) is 12.6 Å². The molecule has 1 aromatic heterocycles. The van der Waals surface area contributed by atoms with Crippen LogP contribution in [0.4, 0.5) is 0 Å². The van der Waals surface area contributed by atoms with Gasteiger partial charge in [0.15, 0.2) is 0 Å². The third-order valence-corrected chi connectivity index (χ3v) is 2.90. The zero-order chi connectivity index (χ0) is 13.0. The summed E-state index contributed by atoms with van der Waals surface area (Å²) < 4.78 is 10.6. The van der Waals surface area contributed by atoms with Gasteiger partial charge in [0.1, 0.15) is 17.3 Å². The normalized spacial score (nSPS) is 10.4. The second kappa shape index (κ2) is 5.82. The van der Waals surface area contributed by atoms with E-state index < -0.39 is 0 Å². The Balaban J connectivity index is 2.40. The molecule has 0 spiro atoms. The third-order valence-electron chi connectivity index (χ3n) is 2.67. The van der Waals surface area contributed by atoms with Crippen molar-refractivity contribution in [2.75, 3.05) is 20.0 Å². The summed E-state index contributed by atoms with van der Waals surface area (Å²) in [6.07, 6.45) is 2.62. The maximum Gasteiger partial charge on any atom is 0.128 e. The van der Waals surface area contributed by atoms with E-state index in [9.17, 15) is 0 Å². The number of nitrogens with one attached hydrogen (secondary N) is 1. The first-order valence-electron chi connectivity index (χ1n) is 5.65. The number of nitrogens with zero attached hydrogens (tertiary/aromatic N) is 1. The number of methoxy groups -OCH3 is 2. The van der Waals surface area contributed by atoms with Gasteiger partial charge in [0, 0.05) is 12.0 Å². The first kappa shape index (κ1) is 12.8. The van der Waals surface area contributed by atoms with Crippen LogP contribution in [0.15, 0.2) is 24.4 Å². The number of hydrogen-bond donors (Lipinski definition) is 2. The molecule has 1 N–H and O–H groups in total. The Labute approximate surface area is 112 Å². The van der Waals surface area contributed by atoms with Crippen LogP contribution in [0, 0.1) is 0 Å². The fraction of sp³-hybridized carbons (Fsp3) is 0.308. The van der Waals surface area contributed by atoms with Crippen molar-refractivity contribution in [1.29, 1.82) is 0 Å². The molecule has 0 bridgehead atoms. The fourth-order valence-corrected chi connectivity index (χ4v) is 1.97. The maximum atomic E-state index is 5.35. The van der Waals surface area contributed by atoms with E-state index in [0.717, 1.165) is 40.8 Å². The number of aromatic amines is 1. The lowest BCUT2D eigenvalue weighted by Crippen LogP contribution is -1.91. The van der Waals surface area contributed by atoms with Crippen LogP contribution < -0.4 is 9.47 Å². The molecule has 0 saturated heterocycles.